The minimum atomic E-state index is 0.126. The van der Waals surface area contributed by atoms with Gasteiger partial charge in [0, 0.05) is 5.56 Å². The monoisotopic (exact) mass is 252 g/mol. The van der Waals surface area contributed by atoms with Crippen molar-refractivity contribution in [2.75, 3.05) is 0 Å². The maximum Gasteiger partial charge on any atom is 0.160 e. The molecule has 0 heterocycles. The van der Waals surface area contributed by atoms with E-state index in [9.17, 15) is 4.79 Å². The van der Waals surface area contributed by atoms with Crippen LogP contribution in [-0.2, 0) is 0 Å². The Morgan fingerprint density at radius 3 is 2.05 bits per heavy atom. The zero-order valence-electron chi connectivity index (χ0n) is 12.3. The van der Waals surface area contributed by atoms with E-state index in [1.165, 1.54) is 22.3 Å². The Morgan fingerprint density at radius 1 is 0.789 bits per heavy atom. The zero-order valence-corrected chi connectivity index (χ0v) is 12.3. The molecule has 0 aliphatic rings. The normalized spacial score (nSPS) is 10.6. The lowest BCUT2D eigenvalue weighted by atomic mass is 9.92. The van der Waals surface area contributed by atoms with Gasteiger partial charge in [0.05, 0.1) is 0 Å². The highest BCUT2D eigenvalue weighted by Crippen LogP contribution is 2.28. The molecule has 0 spiro atoms. The number of hydrogen-bond acceptors (Lipinski definition) is 1. The molecule has 0 bridgehead atoms. The fourth-order valence-electron chi connectivity index (χ4n) is 2.44. The number of ketones is 1. The summed E-state index contributed by atoms with van der Waals surface area (Å²) in [7, 11) is 0. The molecule has 0 atom stereocenters. The van der Waals surface area contributed by atoms with Crippen LogP contribution in [0.2, 0.25) is 0 Å². The standard InChI is InChI=1S/C18H20O/c1-11-6-7-16(10-17(11)15(5)19)18-9-13(3)12(2)8-14(18)4/h6-10H,1-5H3. The van der Waals surface area contributed by atoms with Gasteiger partial charge in [-0.1, -0.05) is 24.3 Å². The SMILES string of the molecule is CC(=O)c1cc(-c2cc(C)c(C)cc2C)ccc1C. The van der Waals surface area contributed by atoms with E-state index in [4.69, 9.17) is 0 Å². The fourth-order valence-corrected chi connectivity index (χ4v) is 2.44. The van der Waals surface area contributed by atoms with E-state index in [-0.39, 0.29) is 5.78 Å². The molecule has 0 aliphatic heterocycles. The summed E-state index contributed by atoms with van der Waals surface area (Å²) in [4.78, 5) is 11.7. The molecule has 2 aromatic carbocycles. The smallest absolute Gasteiger partial charge is 0.160 e. The number of Topliss-reactive ketones (excluding diaryl/α,β-unsaturated/α-hetero) is 1. The molecular weight excluding hydrogens is 232 g/mol. The van der Waals surface area contributed by atoms with Crippen LogP contribution in [0.25, 0.3) is 11.1 Å². The second kappa shape index (κ2) is 5.00. The molecule has 0 aromatic heterocycles. The maximum atomic E-state index is 11.7. The molecule has 1 heteroatoms. The second-order valence-electron chi connectivity index (χ2n) is 5.34. The molecule has 2 rings (SSSR count). The number of aryl methyl sites for hydroxylation is 4. The summed E-state index contributed by atoms with van der Waals surface area (Å²) in [5.74, 6) is 0.126. The summed E-state index contributed by atoms with van der Waals surface area (Å²) in [5.41, 5.74) is 8.03. The zero-order chi connectivity index (χ0) is 14.2. The molecule has 19 heavy (non-hydrogen) atoms. The lowest BCUT2D eigenvalue weighted by Gasteiger charge is -2.12. The van der Waals surface area contributed by atoms with E-state index in [0.717, 1.165) is 16.7 Å². The Kier molecular flexibility index (Phi) is 3.57. The van der Waals surface area contributed by atoms with Crippen molar-refractivity contribution in [2.24, 2.45) is 0 Å². The van der Waals surface area contributed by atoms with Gasteiger partial charge in [-0.05, 0) is 74.1 Å². The van der Waals surface area contributed by atoms with Crippen LogP contribution in [0.15, 0.2) is 30.3 Å². The van der Waals surface area contributed by atoms with Gasteiger partial charge in [0.15, 0.2) is 5.78 Å². The molecule has 98 valence electrons. The van der Waals surface area contributed by atoms with E-state index in [2.05, 4.69) is 39.0 Å². The van der Waals surface area contributed by atoms with Crippen molar-refractivity contribution in [2.45, 2.75) is 34.6 Å². The Morgan fingerprint density at radius 2 is 1.42 bits per heavy atom. The van der Waals surface area contributed by atoms with Crippen molar-refractivity contribution in [1.82, 2.24) is 0 Å². The van der Waals surface area contributed by atoms with Gasteiger partial charge in [0.1, 0.15) is 0 Å². The van der Waals surface area contributed by atoms with Crippen LogP contribution in [0.5, 0.6) is 0 Å². The van der Waals surface area contributed by atoms with Gasteiger partial charge in [-0.25, -0.2) is 0 Å². The highest BCUT2D eigenvalue weighted by atomic mass is 16.1. The minimum absolute atomic E-state index is 0.126. The Hall–Kier alpha value is -1.89. The average molecular weight is 252 g/mol. The number of benzene rings is 2. The third kappa shape index (κ3) is 2.60. The van der Waals surface area contributed by atoms with Crippen LogP contribution in [0.3, 0.4) is 0 Å². The average Bonchev–Trinajstić information content (AvgIpc) is 2.34. The van der Waals surface area contributed by atoms with Gasteiger partial charge < -0.3 is 0 Å². The Balaban J connectivity index is 2.63. The van der Waals surface area contributed by atoms with Crippen LogP contribution in [0.1, 0.15) is 39.5 Å². The third-order valence-electron chi connectivity index (χ3n) is 3.77. The van der Waals surface area contributed by atoms with Gasteiger partial charge in [0.25, 0.3) is 0 Å². The highest BCUT2D eigenvalue weighted by Gasteiger charge is 2.09. The first-order chi connectivity index (χ1) is 8.90. The van der Waals surface area contributed by atoms with Crippen LogP contribution in [0, 0.1) is 27.7 Å². The first-order valence-electron chi connectivity index (χ1n) is 6.60. The summed E-state index contributed by atoms with van der Waals surface area (Å²) in [5, 5.41) is 0. The molecule has 0 saturated carbocycles. The van der Waals surface area contributed by atoms with Gasteiger partial charge in [-0.3, -0.25) is 4.79 Å². The van der Waals surface area contributed by atoms with E-state index >= 15 is 0 Å². The molecule has 1 nitrogen and oxygen atoms in total. The van der Waals surface area contributed by atoms with E-state index in [1.807, 2.05) is 19.1 Å². The molecule has 2 aromatic rings. The Bertz CT molecular complexity index is 651. The summed E-state index contributed by atoms with van der Waals surface area (Å²) >= 11 is 0. The molecule has 0 unspecified atom stereocenters. The molecule has 0 radical (unpaired) electrons. The van der Waals surface area contributed by atoms with Gasteiger partial charge in [-0.15, -0.1) is 0 Å². The molecule has 0 fully saturated rings. The maximum absolute atomic E-state index is 11.7. The third-order valence-corrected chi connectivity index (χ3v) is 3.77. The van der Waals surface area contributed by atoms with Gasteiger partial charge >= 0.3 is 0 Å². The van der Waals surface area contributed by atoms with E-state index < -0.39 is 0 Å². The summed E-state index contributed by atoms with van der Waals surface area (Å²) in [6.45, 7) is 9.97. The van der Waals surface area contributed by atoms with Crippen molar-refractivity contribution in [3.05, 3.63) is 58.1 Å². The van der Waals surface area contributed by atoms with Crippen molar-refractivity contribution < 1.29 is 4.79 Å². The van der Waals surface area contributed by atoms with Gasteiger partial charge in [0.2, 0.25) is 0 Å². The predicted octanol–water partition coefficient (Wildman–Crippen LogP) is 4.79. The van der Waals surface area contributed by atoms with Crippen LogP contribution in [0.4, 0.5) is 0 Å². The minimum Gasteiger partial charge on any atom is -0.295 e. The number of rotatable bonds is 2. The van der Waals surface area contributed by atoms with E-state index in [1.54, 1.807) is 6.92 Å². The van der Waals surface area contributed by atoms with Crippen molar-refractivity contribution in [3.63, 3.8) is 0 Å². The number of hydrogen-bond donors (Lipinski definition) is 0. The lowest BCUT2D eigenvalue weighted by molar-refractivity contribution is 0.101. The molecular formula is C18H20O. The molecule has 0 amide bonds. The first kappa shape index (κ1) is 13.5. The van der Waals surface area contributed by atoms with Crippen molar-refractivity contribution in [3.8, 4) is 11.1 Å². The summed E-state index contributed by atoms with van der Waals surface area (Å²) in [6.07, 6.45) is 0. The highest BCUT2D eigenvalue weighted by molar-refractivity contribution is 5.96. The summed E-state index contributed by atoms with van der Waals surface area (Å²) in [6, 6.07) is 10.5. The van der Waals surface area contributed by atoms with E-state index in [0.29, 0.717) is 0 Å². The van der Waals surface area contributed by atoms with Crippen LogP contribution in [-0.4, -0.2) is 5.78 Å². The van der Waals surface area contributed by atoms with Crippen LogP contribution >= 0.6 is 0 Å². The first-order valence-corrected chi connectivity index (χ1v) is 6.60. The predicted molar refractivity (Wildman–Crippen MR) is 80.8 cm³/mol. The quantitative estimate of drug-likeness (QED) is 0.702. The van der Waals surface area contributed by atoms with Crippen LogP contribution < -0.4 is 0 Å². The number of carbonyl (C=O) groups is 1. The Labute approximate surface area is 115 Å². The van der Waals surface area contributed by atoms with Crippen molar-refractivity contribution in [1.29, 1.82) is 0 Å². The molecule has 0 saturated heterocycles. The number of carbonyl (C=O) groups excluding carboxylic acids is 1. The molecule has 0 N–H and O–H groups in total. The van der Waals surface area contributed by atoms with Gasteiger partial charge in [-0.2, -0.15) is 0 Å². The van der Waals surface area contributed by atoms with Crippen molar-refractivity contribution >= 4 is 5.78 Å². The molecule has 0 aliphatic carbocycles. The summed E-state index contributed by atoms with van der Waals surface area (Å²) < 4.78 is 0. The lowest BCUT2D eigenvalue weighted by Crippen LogP contribution is -1.97. The second-order valence-corrected chi connectivity index (χ2v) is 5.34. The largest absolute Gasteiger partial charge is 0.295 e. The fraction of sp³-hybridized carbons (Fsp3) is 0.278. The topological polar surface area (TPSA) is 17.1 Å².